The summed E-state index contributed by atoms with van der Waals surface area (Å²) in [6.45, 7) is 2.06. The summed E-state index contributed by atoms with van der Waals surface area (Å²) in [5.74, 6) is 0.624. The van der Waals surface area contributed by atoms with Crippen LogP contribution in [0.4, 0.5) is 5.00 Å². The van der Waals surface area contributed by atoms with Crippen LogP contribution in [0.5, 0.6) is 5.75 Å². The minimum absolute atomic E-state index is 0.00209. The highest BCUT2D eigenvalue weighted by Gasteiger charge is 2.33. The molecule has 0 saturated heterocycles. The Bertz CT molecular complexity index is 820. The summed E-state index contributed by atoms with van der Waals surface area (Å²) in [5, 5.41) is 8.01. The lowest BCUT2D eigenvalue weighted by Crippen LogP contribution is -3.08. The SMILES string of the molecule is COc1ccc([C@H]2NC(=O)c3c(sc4c3CC[NH+](C)C4)N2)cc1Cl. The molecule has 0 fully saturated rings. The summed E-state index contributed by atoms with van der Waals surface area (Å²) >= 11 is 7.92. The Labute approximate surface area is 149 Å². The molecule has 0 aliphatic carbocycles. The van der Waals surface area contributed by atoms with E-state index in [2.05, 4.69) is 17.7 Å². The zero-order chi connectivity index (χ0) is 16.8. The summed E-state index contributed by atoms with van der Waals surface area (Å²) in [6.07, 6.45) is 0.680. The first-order chi connectivity index (χ1) is 11.6. The second-order valence-electron chi connectivity index (χ2n) is 6.29. The van der Waals surface area contributed by atoms with E-state index < -0.39 is 0 Å². The second-order valence-corrected chi connectivity index (χ2v) is 7.80. The molecule has 5 nitrogen and oxygen atoms in total. The van der Waals surface area contributed by atoms with Gasteiger partial charge in [0, 0.05) is 6.42 Å². The van der Waals surface area contributed by atoms with Gasteiger partial charge in [-0.15, -0.1) is 11.3 Å². The van der Waals surface area contributed by atoms with Crippen molar-refractivity contribution in [1.29, 1.82) is 0 Å². The number of amides is 1. The third kappa shape index (κ3) is 2.55. The lowest BCUT2D eigenvalue weighted by atomic mass is 10.0. The molecular formula is C17H19ClN3O2S+. The first kappa shape index (κ1) is 15.7. The van der Waals surface area contributed by atoms with E-state index in [1.54, 1.807) is 18.4 Å². The van der Waals surface area contributed by atoms with E-state index in [9.17, 15) is 4.79 Å². The van der Waals surface area contributed by atoms with Gasteiger partial charge in [0.15, 0.2) is 0 Å². The van der Waals surface area contributed by atoms with Gasteiger partial charge in [0.25, 0.3) is 5.91 Å². The maximum Gasteiger partial charge on any atom is 0.256 e. The van der Waals surface area contributed by atoms with Gasteiger partial charge >= 0.3 is 0 Å². The molecule has 0 saturated carbocycles. The Balaban J connectivity index is 1.67. The standard InChI is InChI=1S/C17H18ClN3O2S/c1-21-6-5-10-13(8-21)24-17-14(10)16(22)19-15(20-17)9-3-4-12(23-2)11(18)7-9/h3-4,7,15,20H,5-6,8H2,1-2H3,(H,19,22)/p+1/t15-/m0/s1. The van der Waals surface area contributed by atoms with Crippen molar-refractivity contribution in [3.63, 3.8) is 0 Å². The first-order valence-corrected chi connectivity index (χ1v) is 9.13. The molecule has 1 amide bonds. The van der Waals surface area contributed by atoms with Gasteiger partial charge in [0.1, 0.15) is 23.5 Å². The average molecular weight is 365 g/mol. The fourth-order valence-corrected chi connectivity index (χ4v) is 5.01. The van der Waals surface area contributed by atoms with E-state index in [-0.39, 0.29) is 12.1 Å². The van der Waals surface area contributed by atoms with E-state index in [0.717, 1.165) is 35.6 Å². The normalized spacial score (nSPS) is 22.2. The number of ether oxygens (including phenoxy) is 1. The van der Waals surface area contributed by atoms with Crippen molar-refractivity contribution in [3.05, 3.63) is 44.8 Å². The van der Waals surface area contributed by atoms with Crippen LogP contribution in [-0.4, -0.2) is 26.6 Å². The number of quaternary nitrogens is 1. The molecule has 3 N–H and O–H groups in total. The monoisotopic (exact) mass is 364 g/mol. The predicted octanol–water partition coefficient (Wildman–Crippen LogP) is 1.83. The molecular weight excluding hydrogens is 346 g/mol. The highest BCUT2D eigenvalue weighted by molar-refractivity contribution is 7.16. The maximum atomic E-state index is 12.7. The number of nitrogens with one attached hydrogen (secondary N) is 3. The van der Waals surface area contributed by atoms with E-state index in [1.807, 2.05) is 18.2 Å². The van der Waals surface area contributed by atoms with Gasteiger partial charge in [-0.3, -0.25) is 4.79 Å². The fourth-order valence-electron chi connectivity index (χ4n) is 3.36. The Kier molecular flexibility index (Phi) is 3.90. The van der Waals surface area contributed by atoms with E-state index in [1.165, 1.54) is 15.3 Å². The van der Waals surface area contributed by atoms with Gasteiger partial charge in [-0.05, 0) is 23.3 Å². The molecule has 7 heteroatoms. The summed E-state index contributed by atoms with van der Waals surface area (Å²) in [5.41, 5.74) is 2.96. The number of methoxy groups -OCH3 is 1. The van der Waals surface area contributed by atoms with Crippen molar-refractivity contribution in [1.82, 2.24) is 5.32 Å². The third-order valence-electron chi connectivity index (χ3n) is 4.64. The molecule has 1 unspecified atom stereocenters. The van der Waals surface area contributed by atoms with Crippen LogP contribution in [0.25, 0.3) is 0 Å². The van der Waals surface area contributed by atoms with Crippen LogP contribution in [0.1, 0.15) is 32.5 Å². The van der Waals surface area contributed by atoms with E-state index in [0.29, 0.717) is 10.8 Å². The minimum atomic E-state index is -0.279. The number of carbonyl (C=O) groups is 1. The van der Waals surface area contributed by atoms with Crippen LogP contribution in [-0.2, 0) is 13.0 Å². The van der Waals surface area contributed by atoms with E-state index in [4.69, 9.17) is 16.3 Å². The number of thiophene rings is 1. The number of benzene rings is 1. The Hall–Kier alpha value is -1.76. The molecule has 4 rings (SSSR count). The molecule has 2 aliphatic rings. The van der Waals surface area contributed by atoms with Gasteiger partial charge in [0.2, 0.25) is 0 Å². The van der Waals surface area contributed by atoms with Crippen LogP contribution >= 0.6 is 22.9 Å². The molecule has 0 bridgehead atoms. The Morgan fingerprint density at radius 2 is 2.21 bits per heavy atom. The van der Waals surface area contributed by atoms with Gasteiger partial charge < -0.3 is 20.3 Å². The molecule has 24 heavy (non-hydrogen) atoms. The number of anilines is 1. The topological polar surface area (TPSA) is 54.8 Å². The summed E-state index contributed by atoms with van der Waals surface area (Å²) in [6, 6.07) is 5.56. The number of rotatable bonds is 2. The number of carbonyl (C=O) groups excluding carboxylic acids is 1. The van der Waals surface area contributed by atoms with Crippen LogP contribution in [0.2, 0.25) is 5.02 Å². The molecule has 126 valence electrons. The first-order valence-electron chi connectivity index (χ1n) is 7.93. The summed E-state index contributed by atoms with van der Waals surface area (Å²) < 4.78 is 5.19. The zero-order valence-corrected chi connectivity index (χ0v) is 15.1. The quantitative estimate of drug-likeness (QED) is 0.762. The lowest BCUT2D eigenvalue weighted by Gasteiger charge is -2.27. The van der Waals surface area contributed by atoms with Gasteiger partial charge in [-0.2, -0.15) is 0 Å². The van der Waals surface area contributed by atoms with Crippen molar-refractivity contribution in [3.8, 4) is 5.75 Å². The summed E-state index contributed by atoms with van der Waals surface area (Å²) in [4.78, 5) is 15.5. The molecule has 3 heterocycles. The largest absolute Gasteiger partial charge is 0.495 e. The molecule has 2 aliphatic heterocycles. The van der Waals surface area contributed by atoms with Crippen molar-refractivity contribution < 1.29 is 14.4 Å². The van der Waals surface area contributed by atoms with Crippen LogP contribution < -0.4 is 20.3 Å². The van der Waals surface area contributed by atoms with E-state index >= 15 is 0 Å². The number of hydrogen-bond acceptors (Lipinski definition) is 4. The second kappa shape index (κ2) is 5.95. The Morgan fingerprint density at radius 3 is 2.96 bits per heavy atom. The highest BCUT2D eigenvalue weighted by atomic mass is 35.5. The number of likely N-dealkylation sites (N-methyl/N-ethyl adjacent to an activating group) is 1. The van der Waals surface area contributed by atoms with Gasteiger partial charge in [-0.25, -0.2) is 0 Å². The fraction of sp³-hybridized carbons (Fsp3) is 0.353. The third-order valence-corrected chi connectivity index (χ3v) is 6.10. The molecule has 2 aromatic rings. The predicted molar refractivity (Wildman–Crippen MR) is 95.3 cm³/mol. The number of hydrogen-bond donors (Lipinski definition) is 3. The highest BCUT2D eigenvalue weighted by Crippen LogP contribution is 2.39. The zero-order valence-electron chi connectivity index (χ0n) is 13.5. The van der Waals surface area contributed by atoms with Crippen LogP contribution in [0, 0.1) is 0 Å². The number of fused-ring (bicyclic) bond motifs is 3. The maximum absolute atomic E-state index is 12.7. The molecule has 0 spiro atoms. The minimum Gasteiger partial charge on any atom is -0.495 e. The van der Waals surface area contributed by atoms with Crippen molar-refractivity contribution in [2.75, 3.05) is 26.0 Å². The van der Waals surface area contributed by atoms with Crippen LogP contribution in [0.3, 0.4) is 0 Å². The van der Waals surface area contributed by atoms with Gasteiger partial charge in [-0.1, -0.05) is 17.7 Å². The average Bonchev–Trinajstić information content (AvgIpc) is 2.92. The van der Waals surface area contributed by atoms with Crippen molar-refractivity contribution in [2.45, 2.75) is 19.1 Å². The number of halogens is 1. The Morgan fingerprint density at radius 1 is 1.38 bits per heavy atom. The summed E-state index contributed by atoms with van der Waals surface area (Å²) in [7, 11) is 3.78. The van der Waals surface area contributed by atoms with Crippen molar-refractivity contribution >= 4 is 33.8 Å². The molecule has 1 aromatic heterocycles. The molecule has 2 atom stereocenters. The lowest BCUT2D eigenvalue weighted by molar-refractivity contribution is -0.895. The molecule has 0 radical (unpaired) electrons. The van der Waals surface area contributed by atoms with Crippen molar-refractivity contribution in [2.24, 2.45) is 0 Å². The van der Waals surface area contributed by atoms with Crippen LogP contribution in [0.15, 0.2) is 18.2 Å². The smallest absolute Gasteiger partial charge is 0.256 e. The molecule has 1 aromatic carbocycles. The van der Waals surface area contributed by atoms with Gasteiger partial charge in [0.05, 0.1) is 36.2 Å².